The summed E-state index contributed by atoms with van der Waals surface area (Å²) in [6.07, 6.45) is -2.32. The predicted molar refractivity (Wildman–Crippen MR) is 127 cm³/mol. The van der Waals surface area contributed by atoms with Crippen molar-refractivity contribution >= 4 is 29.2 Å². The summed E-state index contributed by atoms with van der Waals surface area (Å²) in [5.74, 6) is 0.300. The van der Waals surface area contributed by atoms with Gasteiger partial charge in [-0.2, -0.15) is 13.2 Å². The third-order valence-electron chi connectivity index (χ3n) is 5.57. The van der Waals surface area contributed by atoms with Gasteiger partial charge in [-0.3, -0.25) is 4.79 Å². The summed E-state index contributed by atoms with van der Waals surface area (Å²) in [6, 6.07) is 11.0. The average Bonchev–Trinajstić information content (AvgIpc) is 2.85. The van der Waals surface area contributed by atoms with Crippen molar-refractivity contribution in [3.05, 3.63) is 64.8 Å². The van der Waals surface area contributed by atoms with Crippen molar-refractivity contribution in [1.82, 2.24) is 14.9 Å². The molecular formula is C24H23F3N4O3S. The van der Waals surface area contributed by atoms with Gasteiger partial charge in [-0.15, -0.1) is 0 Å². The first kappa shape index (κ1) is 24.6. The maximum Gasteiger partial charge on any atom is 0.420 e. The molecule has 2 heterocycles. The van der Waals surface area contributed by atoms with Crippen LogP contribution in [0.15, 0.2) is 47.6 Å². The lowest BCUT2D eigenvalue weighted by atomic mass is 10.0. The summed E-state index contributed by atoms with van der Waals surface area (Å²) in [4.78, 5) is 24.0. The van der Waals surface area contributed by atoms with E-state index >= 15 is 0 Å². The number of nitrogens with one attached hydrogen (secondary N) is 1. The SMILES string of the molecule is COc1ccc(CN2CCc3nc(SC)nc(Nc4ccc(OC)c(C(F)(F)F)c4)c3C2=O)cc1. The van der Waals surface area contributed by atoms with Crippen molar-refractivity contribution in [2.45, 2.75) is 24.3 Å². The third-order valence-corrected chi connectivity index (χ3v) is 6.11. The molecule has 7 nitrogen and oxygen atoms in total. The molecule has 0 radical (unpaired) electrons. The van der Waals surface area contributed by atoms with Gasteiger partial charge in [0.25, 0.3) is 5.91 Å². The summed E-state index contributed by atoms with van der Waals surface area (Å²) >= 11 is 1.29. The highest BCUT2D eigenvalue weighted by atomic mass is 32.2. The number of ether oxygens (including phenoxy) is 2. The van der Waals surface area contributed by atoms with Gasteiger partial charge in [-0.1, -0.05) is 23.9 Å². The summed E-state index contributed by atoms with van der Waals surface area (Å²) < 4.78 is 50.6. The standard InChI is InChI=1S/C24H23F3N4O3S/c1-33-16-7-4-14(5-8-16)13-31-11-10-18-20(22(31)32)21(30-23(29-18)35-3)28-15-6-9-19(34-2)17(12-15)24(25,26)27/h4-9,12H,10-11,13H2,1-3H3,(H,28,29,30). The Hall–Kier alpha value is -3.47. The first-order valence-electron chi connectivity index (χ1n) is 10.6. The minimum Gasteiger partial charge on any atom is -0.497 e. The molecule has 1 aromatic heterocycles. The van der Waals surface area contributed by atoms with E-state index in [0.717, 1.165) is 11.6 Å². The Morgan fingerprint density at radius 3 is 2.46 bits per heavy atom. The monoisotopic (exact) mass is 504 g/mol. The lowest BCUT2D eigenvalue weighted by molar-refractivity contribution is -0.138. The smallest absolute Gasteiger partial charge is 0.420 e. The maximum atomic E-state index is 13.5. The van der Waals surface area contributed by atoms with Crippen LogP contribution >= 0.6 is 11.8 Å². The van der Waals surface area contributed by atoms with E-state index in [0.29, 0.717) is 36.1 Å². The zero-order valence-corrected chi connectivity index (χ0v) is 20.1. The first-order valence-corrected chi connectivity index (χ1v) is 11.8. The van der Waals surface area contributed by atoms with Gasteiger partial charge in [-0.25, -0.2) is 9.97 Å². The molecule has 0 spiro atoms. The van der Waals surface area contributed by atoms with Gasteiger partial charge in [0.2, 0.25) is 0 Å². The Morgan fingerprint density at radius 2 is 1.83 bits per heavy atom. The summed E-state index contributed by atoms with van der Waals surface area (Å²) in [5.41, 5.74) is 0.944. The van der Waals surface area contributed by atoms with Crippen molar-refractivity contribution in [2.75, 3.05) is 32.3 Å². The highest BCUT2D eigenvalue weighted by Crippen LogP contribution is 2.39. The lowest BCUT2D eigenvalue weighted by Crippen LogP contribution is -2.38. The summed E-state index contributed by atoms with van der Waals surface area (Å²) in [6.45, 7) is 0.829. The molecule has 4 rings (SSSR count). The predicted octanol–water partition coefficient (Wildman–Crippen LogP) is 5.18. The average molecular weight is 505 g/mol. The van der Waals surface area contributed by atoms with Crippen LogP contribution in [0.4, 0.5) is 24.7 Å². The van der Waals surface area contributed by atoms with Crippen molar-refractivity contribution in [2.24, 2.45) is 0 Å². The fourth-order valence-electron chi connectivity index (χ4n) is 3.82. The van der Waals surface area contributed by atoms with Crippen LogP contribution in [0.3, 0.4) is 0 Å². The number of thioether (sulfide) groups is 1. The Labute approximate surface area is 204 Å². The van der Waals surface area contributed by atoms with Crippen LogP contribution in [-0.4, -0.2) is 47.8 Å². The number of carbonyl (C=O) groups is 1. The largest absolute Gasteiger partial charge is 0.497 e. The molecule has 1 aliphatic rings. The van der Waals surface area contributed by atoms with E-state index in [2.05, 4.69) is 15.3 Å². The van der Waals surface area contributed by atoms with Crippen LogP contribution in [0.1, 0.15) is 27.2 Å². The van der Waals surface area contributed by atoms with Crippen LogP contribution in [0.25, 0.3) is 0 Å². The quantitative estimate of drug-likeness (QED) is 0.351. The topological polar surface area (TPSA) is 76.6 Å². The molecule has 0 fully saturated rings. The fourth-order valence-corrected chi connectivity index (χ4v) is 4.20. The molecule has 0 saturated carbocycles. The highest BCUT2D eigenvalue weighted by Gasteiger charge is 2.35. The van der Waals surface area contributed by atoms with Crippen molar-refractivity contribution in [3.63, 3.8) is 0 Å². The molecule has 184 valence electrons. The second-order valence-electron chi connectivity index (χ2n) is 7.74. The number of carbonyl (C=O) groups excluding carboxylic acids is 1. The number of nitrogens with zero attached hydrogens (tertiary/aromatic N) is 3. The van der Waals surface area contributed by atoms with E-state index in [-0.39, 0.29) is 28.7 Å². The normalized spacial score (nSPS) is 13.4. The number of anilines is 2. The van der Waals surface area contributed by atoms with Gasteiger partial charge < -0.3 is 19.7 Å². The molecule has 1 N–H and O–H groups in total. The minimum atomic E-state index is -4.61. The van der Waals surface area contributed by atoms with Crippen LogP contribution in [0, 0.1) is 0 Å². The van der Waals surface area contributed by atoms with Gasteiger partial charge >= 0.3 is 6.18 Å². The van der Waals surface area contributed by atoms with Crippen molar-refractivity contribution < 1.29 is 27.4 Å². The second kappa shape index (κ2) is 10.0. The van der Waals surface area contributed by atoms with E-state index in [4.69, 9.17) is 9.47 Å². The van der Waals surface area contributed by atoms with E-state index in [9.17, 15) is 18.0 Å². The van der Waals surface area contributed by atoms with Crippen LogP contribution in [0.2, 0.25) is 0 Å². The van der Waals surface area contributed by atoms with Crippen LogP contribution < -0.4 is 14.8 Å². The highest BCUT2D eigenvalue weighted by molar-refractivity contribution is 7.98. The van der Waals surface area contributed by atoms with E-state index in [1.165, 1.54) is 31.0 Å². The van der Waals surface area contributed by atoms with E-state index in [1.807, 2.05) is 24.3 Å². The Kier molecular flexibility index (Phi) is 7.06. The van der Waals surface area contributed by atoms with Crippen LogP contribution in [-0.2, 0) is 19.1 Å². The van der Waals surface area contributed by atoms with Gasteiger partial charge in [0.05, 0.1) is 25.5 Å². The third kappa shape index (κ3) is 5.29. The molecule has 0 aliphatic carbocycles. The zero-order valence-electron chi connectivity index (χ0n) is 19.3. The number of hydrogen-bond acceptors (Lipinski definition) is 7. The molecule has 1 aliphatic heterocycles. The van der Waals surface area contributed by atoms with Gasteiger partial charge in [0.1, 0.15) is 22.9 Å². The molecule has 35 heavy (non-hydrogen) atoms. The molecule has 0 atom stereocenters. The summed E-state index contributed by atoms with van der Waals surface area (Å²) in [7, 11) is 2.76. The Morgan fingerprint density at radius 1 is 1.09 bits per heavy atom. The molecule has 0 unspecified atom stereocenters. The Balaban J connectivity index is 1.68. The molecule has 0 bridgehead atoms. The molecular weight excluding hydrogens is 481 g/mol. The number of fused-ring (bicyclic) bond motifs is 1. The van der Waals surface area contributed by atoms with Crippen molar-refractivity contribution in [3.8, 4) is 11.5 Å². The molecule has 0 saturated heterocycles. The Bertz CT molecular complexity index is 1240. The number of halogens is 3. The number of aromatic nitrogens is 2. The van der Waals surface area contributed by atoms with E-state index < -0.39 is 11.7 Å². The number of alkyl halides is 3. The van der Waals surface area contributed by atoms with Gasteiger partial charge in [0, 0.05) is 25.2 Å². The molecule has 11 heteroatoms. The number of amides is 1. The second-order valence-corrected chi connectivity index (χ2v) is 8.52. The van der Waals surface area contributed by atoms with Crippen molar-refractivity contribution in [1.29, 1.82) is 0 Å². The maximum absolute atomic E-state index is 13.5. The zero-order chi connectivity index (χ0) is 25.2. The van der Waals surface area contributed by atoms with Gasteiger partial charge in [0.15, 0.2) is 5.16 Å². The van der Waals surface area contributed by atoms with E-state index in [1.54, 1.807) is 18.3 Å². The fraction of sp³-hybridized carbons (Fsp3) is 0.292. The first-order chi connectivity index (χ1) is 16.7. The number of rotatable bonds is 7. The lowest BCUT2D eigenvalue weighted by Gasteiger charge is -2.29. The molecule has 2 aromatic carbocycles. The molecule has 3 aromatic rings. The van der Waals surface area contributed by atoms with Gasteiger partial charge in [-0.05, 0) is 42.2 Å². The number of benzene rings is 2. The number of hydrogen-bond donors (Lipinski definition) is 1. The minimum absolute atomic E-state index is 0.131. The summed E-state index contributed by atoms with van der Waals surface area (Å²) in [5, 5.41) is 3.34. The molecule has 1 amide bonds. The van der Waals surface area contributed by atoms with Crippen LogP contribution in [0.5, 0.6) is 11.5 Å². The number of methoxy groups -OCH3 is 2.